The van der Waals surface area contributed by atoms with Crippen LogP contribution in [0.25, 0.3) is 11.0 Å². The van der Waals surface area contributed by atoms with Crippen LogP contribution in [-0.4, -0.2) is 21.9 Å². The van der Waals surface area contributed by atoms with E-state index in [1.807, 2.05) is 31.2 Å². The Morgan fingerprint density at radius 3 is 2.71 bits per heavy atom. The van der Waals surface area contributed by atoms with Gasteiger partial charge in [0.15, 0.2) is 0 Å². The van der Waals surface area contributed by atoms with E-state index in [4.69, 9.17) is 0 Å². The van der Waals surface area contributed by atoms with Crippen LogP contribution in [0.5, 0.6) is 0 Å². The molecule has 0 radical (unpaired) electrons. The average Bonchev–Trinajstić information content (AvgIpc) is 2.51. The van der Waals surface area contributed by atoms with E-state index in [2.05, 4.69) is 22.2 Å². The molecule has 4 nitrogen and oxygen atoms in total. The van der Waals surface area contributed by atoms with Crippen LogP contribution < -0.4 is 5.32 Å². The third kappa shape index (κ3) is 4.52. The SMILES string of the molecule is CCCCCC[C@H](C)NC(=O)c1cnc2ccccc2n1. The Morgan fingerprint density at radius 1 is 1.19 bits per heavy atom. The van der Waals surface area contributed by atoms with Crippen LogP contribution in [0.3, 0.4) is 0 Å². The summed E-state index contributed by atoms with van der Waals surface area (Å²) < 4.78 is 0. The van der Waals surface area contributed by atoms with Crippen LogP contribution in [0.2, 0.25) is 0 Å². The molecule has 4 heteroatoms. The van der Waals surface area contributed by atoms with E-state index in [-0.39, 0.29) is 11.9 Å². The number of nitrogens with one attached hydrogen (secondary N) is 1. The molecular formula is C17H23N3O. The van der Waals surface area contributed by atoms with Crippen molar-refractivity contribution in [2.24, 2.45) is 0 Å². The highest BCUT2D eigenvalue weighted by Gasteiger charge is 2.12. The summed E-state index contributed by atoms with van der Waals surface area (Å²) in [6.45, 7) is 4.24. The number of unbranched alkanes of at least 4 members (excludes halogenated alkanes) is 3. The Morgan fingerprint density at radius 2 is 1.95 bits per heavy atom. The van der Waals surface area contributed by atoms with Crippen molar-refractivity contribution in [1.82, 2.24) is 15.3 Å². The van der Waals surface area contributed by atoms with Crippen LogP contribution in [-0.2, 0) is 0 Å². The summed E-state index contributed by atoms with van der Waals surface area (Å²) in [5.74, 6) is -0.142. The highest BCUT2D eigenvalue weighted by molar-refractivity contribution is 5.93. The van der Waals surface area contributed by atoms with Crippen LogP contribution in [0.4, 0.5) is 0 Å². The maximum Gasteiger partial charge on any atom is 0.271 e. The lowest BCUT2D eigenvalue weighted by Crippen LogP contribution is -2.33. The maximum atomic E-state index is 12.2. The summed E-state index contributed by atoms with van der Waals surface area (Å²) in [5, 5.41) is 3.00. The fourth-order valence-corrected chi connectivity index (χ4v) is 2.31. The van der Waals surface area contributed by atoms with Gasteiger partial charge < -0.3 is 5.32 Å². The van der Waals surface area contributed by atoms with Crippen molar-refractivity contribution in [2.75, 3.05) is 0 Å². The van der Waals surface area contributed by atoms with Gasteiger partial charge >= 0.3 is 0 Å². The summed E-state index contributed by atoms with van der Waals surface area (Å²) in [7, 11) is 0. The van der Waals surface area contributed by atoms with Crippen molar-refractivity contribution < 1.29 is 4.79 Å². The molecule has 1 amide bonds. The van der Waals surface area contributed by atoms with Crippen molar-refractivity contribution in [3.05, 3.63) is 36.2 Å². The van der Waals surface area contributed by atoms with Gasteiger partial charge in [-0.05, 0) is 25.5 Å². The van der Waals surface area contributed by atoms with Crippen molar-refractivity contribution >= 4 is 16.9 Å². The molecular weight excluding hydrogens is 262 g/mol. The summed E-state index contributed by atoms with van der Waals surface area (Å²) in [6, 6.07) is 7.74. The lowest BCUT2D eigenvalue weighted by Gasteiger charge is -2.13. The number of rotatable bonds is 7. The molecule has 0 saturated carbocycles. The summed E-state index contributed by atoms with van der Waals surface area (Å²) >= 11 is 0. The van der Waals surface area contributed by atoms with Crippen LogP contribution in [0.1, 0.15) is 56.4 Å². The van der Waals surface area contributed by atoms with Gasteiger partial charge in [0, 0.05) is 6.04 Å². The molecule has 112 valence electrons. The van der Waals surface area contributed by atoms with Gasteiger partial charge in [-0.3, -0.25) is 9.78 Å². The molecule has 0 unspecified atom stereocenters. The normalized spacial score (nSPS) is 12.3. The molecule has 1 atom stereocenters. The molecule has 1 aromatic carbocycles. The van der Waals surface area contributed by atoms with Crippen LogP contribution >= 0.6 is 0 Å². The number of aromatic nitrogens is 2. The van der Waals surface area contributed by atoms with Crippen molar-refractivity contribution in [1.29, 1.82) is 0 Å². The summed E-state index contributed by atoms with van der Waals surface area (Å²) in [4.78, 5) is 20.8. The Balaban J connectivity index is 1.92. The molecule has 1 N–H and O–H groups in total. The van der Waals surface area contributed by atoms with Crippen LogP contribution in [0, 0.1) is 0 Å². The Bertz CT molecular complexity index is 597. The highest BCUT2D eigenvalue weighted by atomic mass is 16.1. The van der Waals surface area contributed by atoms with Gasteiger partial charge in [-0.2, -0.15) is 0 Å². The fraction of sp³-hybridized carbons (Fsp3) is 0.471. The van der Waals surface area contributed by atoms with Crippen molar-refractivity contribution in [2.45, 2.75) is 52.0 Å². The maximum absolute atomic E-state index is 12.2. The minimum Gasteiger partial charge on any atom is -0.348 e. The van der Waals surface area contributed by atoms with Crippen molar-refractivity contribution in [3.63, 3.8) is 0 Å². The number of hydrogen-bond donors (Lipinski definition) is 1. The fourth-order valence-electron chi connectivity index (χ4n) is 2.31. The number of para-hydroxylation sites is 2. The number of fused-ring (bicyclic) bond motifs is 1. The molecule has 0 bridgehead atoms. The molecule has 2 aromatic rings. The van der Waals surface area contributed by atoms with Gasteiger partial charge in [0.2, 0.25) is 0 Å². The molecule has 1 aromatic heterocycles. The largest absolute Gasteiger partial charge is 0.348 e. The monoisotopic (exact) mass is 285 g/mol. The molecule has 2 rings (SSSR count). The van der Waals surface area contributed by atoms with Gasteiger partial charge in [0.25, 0.3) is 5.91 Å². The van der Waals surface area contributed by atoms with E-state index in [0.717, 1.165) is 23.9 Å². The first-order valence-electron chi connectivity index (χ1n) is 7.73. The van der Waals surface area contributed by atoms with Crippen LogP contribution in [0.15, 0.2) is 30.5 Å². The number of carbonyl (C=O) groups is 1. The third-order valence-electron chi connectivity index (χ3n) is 3.55. The summed E-state index contributed by atoms with van der Waals surface area (Å²) in [6.07, 6.45) is 7.42. The van der Waals surface area contributed by atoms with E-state index in [1.54, 1.807) is 6.20 Å². The molecule has 0 spiro atoms. The standard InChI is InChI=1S/C17H23N3O/c1-3-4-5-6-9-13(2)19-17(21)16-12-18-14-10-7-8-11-15(14)20-16/h7-8,10-13H,3-6,9H2,1-2H3,(H,19,21)/t13-/m0/s1. The molecule has 0 saturated heterocycles. The van der Waals surface area contributed by atoms with E-state index in [9.17, 15) is 4.79 Å². The zero-order chi connectivity index (χ0) is 15.1. The quantitative estimate of drug-likeness (QED) is 0.789. The van der Waals surface area contributed by atoms with Gasteiger partial charge in [0.05, 0.1) is 17.2 Å². The van der Waals surface area contributed by atoms with Gasteiger partial charge in [0.1, 0.15) is 5.69 Å². The number of amides is 1. The van der Waals surface area contributed by atoms with E-state index < -0.39 is 0 Å². The van der Waals surface area contributed by atoms with Gasteiger partial charge in [-0.15, -0.1) is 0 Å². The number of hydrogen-bond acceptors (Lipinski definition) is 3. The minimum absolute atomic E-state index is 0.142. The van der Waals surface area contributed by atoms with E-state index >= 15 is 0 Å². The highest BCUT2D eigenvalue weighted by Crippen LogP contribution is 2.09. The first-order chi connectivity index (χ1) is 10.2. The smallest absolute Gasteiger partial charge is 0.271 e. The summed E-state index contributed by atoms with van der Waals surface area (Å²) in [5.41, 5.74) is 1.94. The lowest BCUT2D eigenvalue weighted by atomic mass is 10.1. The zero-order valence-electron chi connectivity index (χ0n) is 12.8. The van der Waals surface area contributed by atoms with Crippen molar-refractivity contribution in [3.8, 4) is 0 Å². The number of nitrogens with zero attached hydrogens (tertiary/aromatic N) is 2. The molecule has 21 heavy (non-hydrogen) atoms. The molecule has 0 aliphatic rings. The first kappa shape index (κ1) is 15.4. The molecule has 0 aliphatic heterocycles. The number of carbonyl (C=O) groups excluding carboxylic acids is 1. The second-order valence-corrected chi connectivity index (χ2v) is 5.47. The molecule has 1 heterocycles. The average molecular weight is 285 g/mol. The Kier molecular flexibility index (Phi) is 5.67. The van der Waals surface area contributed by atoms with Gasteiger partial charge in [-0.1, -0.05) is 44.7 Å². The predicted octanol–water partition coefficient (Wildman–Crippen LogP) is 3.72. The second-order valence-electron chi connectivity index (χ2n) is 5.47. The molecule has 0 aliphatic carbocycles. The minimum atomic E-state index is -0.142. The molecule has 0 fully saturated rings. The first-order valence-corrected chi connectivity index (χ1v) is 7.73. The topological polar surface area (TPSA) is 54.9 Å². The third-order valence-corrected chi connectivity index (χ3v) is 3.55. The van der Waals surface area contributed by atoms with E-state index in [1.165, 1.54) is 19.3 Å². The van der Waals surface area contributed by atoms with E-state index in [0.29, 0.717) is 5.69 Å². The predicted molar refractivity (Wildman–Crippen MR) is 85.2 cm³/mol. The Hall–Kier alpha value is -1.97. The Labute approximate surface area is 126 Å². The number of benzene rings is 1. The van der Waals surface area contributed by atoms with Gasteiger partial charge in [-0.25, -0.2) is 4.98 Å². The zero-order valence-corrected chi connectivity index (χ0v) is 12.8. The second kappa shape index (κ2) is 7.72. The lowest BCUT2D eigenvalue weighted by molar-refractivity contribution is 0.0933.